The summed E-state index contributed by atoms with van der Waals surface area (Å²) in [4.78, 5) is 20.1. The van der Waals surface area contributed by atoms with E-state index in [4.69, 9.17) is 4.74 Å². The van der Waals surface area contributed by atoms with Crippen molar-refractivity contribution < 1.29 is 9.53 Å². The largest absolute Gasteiger partial charge is 0.461 e. The number of ether oxygens (including phenoxy) is 1. The molecule has 1 saturated carbocycles. The van der Waals surface area contributed by atoms with Crippen molar-refractivity contribution in [2.45, 2.75) is 44.8 Å². The average molecular weight is 337 g/mol. The SMILES string of the molecule is CC(NCC1CC2(CCC2)C(=O)O1)c1ccc(-c2cncnc2)cc1. The van der Waals surface area contributed by atoms with Gasteiger partial charge in [0.2, 0.25) is 0 Å². The van der Waals surface area contributed by atoms with Crippen molar-refractivity contribution in [1.82, 2.24) is 15.3 Å². The van der Waals surface area contributed by atoms with Crippen molar-refractivity contribution in [3.05, 3.63) is 48.5 Å². The van der Waals surface area contributed by atoms with Crippen molar-refractivity contribution in [1.29, 1.82) is 0 Å². The molecule has 1 aliphatic carbocycles. The van der Waals surface area contributed by atoms with Crippen LogP contribution in [0.25, 0.3) is 11.1 Å². The van der Waals surface area contributed by atoms with Crippen LogP contribution in [0.3, 0.4) is 0 Å². The molecule has 2 heterocycles. The molecule has 0 radical (unpaired) electrons. The molecule has 2 atom stereocenters. The minimum absolute atomic E-state index is 0.0102. The summed E-state index contributed by atoms with van der Waals surface area (Å²) in [5.74, 6) is 0.0210. The number of rotatable bonds is 5. The van der Waals surface area contributed by atoms with E-state index in [9.17, 15) is 4.79 Å². The number of cyclic esters (lactones) is 1. The van der Waals surface area contributed by atoms with Crippen LogP contribution in [-0.2, 0) is 9.53 Å². The minimum Gasteiger partial charge on any atom is -0.461 e. The molecule has 2 fully saturated rings. The van der Waals surface area contributed by atoms with Crippen molar-refractivity contribution in [2.75, 3.05) is 6.54 Å². The zero-order valence-corrected chi connectivity index (χ0v) is 14.4. The topological polar surface area (TPSA) is 64.1 Å². The Bertz CT molecular complexity index is 741. The lowest BCUT2D eigenvalue weighted by Crippen LogP contribution is -2.34. The number of hydrogen-bond acceptors (Lipinski definition) is 5. The fourth-order valence-electron chi connectivity index (χ4n) is 3.80. The molecule has 0 amide bonds. The molecule has 2 aliphatic rings. The van der Waals surface area contributed by atoms with Crippen molar-refractivity contribution >= 4 is 5.97 Å². The van der Waals surface area contributed by atoms with Gasteiger partial charge in [-0.3, -0.25) is 4.79 Å². The predicted octanol–water partition coefficient (Wildman–Crippen LogP) is 3.28. The zero-order valence-electron chi connectivity index (χ0n) is 14.4. The molecular formula is C20H23N3O2. The summed E-state index contributed by atoms with van der Waals surface area (Å²) in [6, 6.07) is 8.62. The van der Waals surface area contributed by atoms with Crippen LogP contribution in [0, 0.1) is 5.41 Å². The van der Waals surface area contributed by atoms with E-state index >= 15 is 0 Å². The van der Waals surface area contributed by atoms with E-state index in [0.717, 1.165) is 36.8 Å². The highest BCUT2D eigenvalue weighted by molar-refractivity contribution is 5.80. The van der Waals surface area contributed by atoms with Gasteiger partial charge in [-0.2, -0.15) is 0 Å². The third-order valence-corrected chi connectivity index (χ3v) is 5.59. The van der Waals surface area contributed by atoms with Crippen LogP contribution in [0.4, 0.5) is 0 Å². The van der Waals surface area contributed by atoms with Gasteiger partial charge >= 0.3 is 5.97 Å². The normalized spacial score (nSPS) is 22.4. The number of hydrogen-bond donors (Lipinski definition) is 1. The first-order valence-electron chi connectivity index (χ1n) is 8.96. The third kappa shape index (κ3) is 3.16. The second kappa shape index (κ2) is 6.56. The summed E-state index contributed by atoms with van der Waals surface area (Å²) in [5.41, 5.74) is 3.18. The van der Waals surface area contributed by atoms with Crippen LogP contribution >= 0.6 is 0 Å². The molecule has 1 aromatic heterocycles. The second-order valence-corrected chi connectivity index (χ2v) is 7.24. The Balaban J connectivity index is 1.34. The number of esters is 1. The fourth-order valence-corrected chi connectivity index (χ4v) is 3.80. The highest BCUT2D eigenvalue weighted by Crippen LogP contribution is 2.50. The summed E-state index contributed by atoms with van der Waals surface area (Å²) in [7, 11) is 0. The molecule has 1 spiro atoms. The first kappa shape index (κ1) is 16.2. The van der Waals surface area contributed by atoms with Gasteiger partial charge in [0, 0.05) is 37.0 Å². The summed E-state index contributed by atoms with van der Waals surface area (Å²) >= 11 is 0. The van der Waals surface area contributed by atoms with Gasteiger partial charge in [0.15, 0.2) is 0 Å². The Hall–Kier alpha value is -2.27. The quantitative estimate of drug-likeness (QED) is 0.848. The summed E-state index contributed by atoms with van der Waals surface area (Å²) < 4.78 is 5.57. The maximum absolute atomic E-state index is 12.0. The van der Waals surface area contributed by atoms with E-state index in [1.165, 1.54) is 11.9 Å². The van der Waals surface area contributed by atoms with Gasteiger partial charge < -0.3 is 10.1 Å². The van der Waals surface area contributed by atoms with Crippen molar-refractivity contribution in [2.24, 2.45) is 5.41 Å². The maximum atomic E-state index is 12.0. The van der Waals surface area contributed by atoms with Gasteiger partial charge in [-0.1, -0.05) is 30.7 Å². The van der Waals surface area contributed by atoms with Crippen LogP contribution in [-0.4, -0.2) is 28.6 Å². The molecule has 1 aromatic carbocycles. The molecule has 1 N–H and O–H groups in total. The summed E-state index contributed by atoms with van der Waals surface area (Å²) in [6.07, 6.45) is 9.21. The minimum atomic E-state index is -0.144. The maximum Gasteiger partial charge on any atom is 0.312 e. The highest BCUT2D eigenvalue weighted by atomic mass is 16.6. The van der Waals surface area contributed by atoms with Crippen LogP contribution in [0.1, 0.15) is 44.2 Å². The van der Waals surface area contributed by atoms with Gasteiger partial charge in [-0.15, -0.1) is 0 Å². The molecule has 130 valence electrons. The number of carbonyl (C=O) groups is 1. The first-order chi connectivity index (χ1) is 12.2. The molecule has 1 aliphatic heterocycles. The molecule has 4 rings (SSSR count). The average Bonchev–Trinajstić information content (AvgIpc) is 2.97. The van der Waals surface area contributed by atoms with Crippen molar-refractivity contribution in [3.63, 3.8) is 0 Å². The smallest absolute Gasteiger partial charge is 0.312 e. The van der Waals surface area contributed by atoms with Crippen molar-refractivity contribution in [3.8, 4) is 11.1 Å². The van der Waals surface area contributed by atoms with Crippen LogP contribution in [0.2, 0.25) is 0 Å². The lowest BCUT2D eigenvalue weighted by molar-refractivity contribution is -0.152. The number of nitrogens with one attached hydrogen (secondary N) is 1. The van der Waals surface area contributed by atoms with Gasteiger partial charge in [-0.25, -0.2) is 9.97 Å². The third-order valence-electron chi connectivity index (χ3n) is 5.59. The molecule has 1 saturated heterocycles. The van der Waals surface area contributed by atoms with E-state index < -0.39 is 0 Å². The van der Waals surface area contributed by atoms with Crippen LogP contribution in [0.15, 0.2) is 43.0 Å². The summed E-state index contributed by atoms with van der Waals surface area (Å²) in [6.45, 7) is 2.85. The first-order valence-corrected chi connectivity index (χ1v) is 8.96. The lowest BCUT2D eigenvalue weighted by Gasteiger charge is -2.33. The Labute approximate surface area is 147 Å². The molecule has 2 unspecified atom stereocenters. The number of carbonyl (C=O) groups excluding carboxylic acids is 1. The molecule has 5 heteroatoms. The summed E-state index contributed by atoms with van der Waals surface area (Å²) in [5, 5.41) is 3.50. The molecular weight excluding hydrogens is 314 g/mol. The second-order valence-electron chi connectivity index (χ2n) is 7.24. The van der Waals surface area contributed by atoms with Gasteiger partial charge in [0.25, 0.3) is 0 Å². The van der Waals surface area contributed by atoms with E-state index in [0.29, 0.717) is 6.54 Å². The van der Waals surface area contributed by atoms with E-state index in [-0.39, 0.29) is 23.5 Å². The Morgan fingerprint density at radius 2 is 1.92 bits per heavy atom. The molecule has 25 heavy (non-hydrogen) atoms. The van der Waals surface area contributed by atoms with E-state index in [2.05, 4.69) is 46.5 Å². The Kier molecular flexibility index (Phi) is 4.25. The van der Waals surface area contributed by atoms with Gasteiger partial charge in [0.1, 0.15) is 12.4 Å². The zero-order chi connectivity index (χ0) is 17.3. The number of benzene rings is 1. The predicted molar refractivity (Wildman–Crippen MR) is 94.7 cm³/mol. The Morgan fingerprint density at radius 1 is 1.20 bits per heavy atom. The van der Waals surface area contributed by atoms with Crippen LogP contribution < -0.4 is 5.32 Å². The standard InChI is InChI=1S/C20H23N3O2/c1-14(23-12-18-9-20(7-2-8-20)19(24)25-18)15-3-5-16(6-4-15)17-10-21-13-22-11-17/h3-6,10-11,13-14,18,23H,2,7-9,12H2,1H3. The lowest BCUT2D eigenvalue weighted by atomic mass is 9.67. The van der Waals surface area contributed by atoms with Gasteiger partial charge in [-0.05, 0) is 30.9 Å². The van der Waals surface area contributed by atoms with Gasteiger partial charge in [0.05, 0.1) is 5.41 Å². The Morgan fingerprint density at radius 3 is 2.52 bits per heavy atom. The highest BCUT2D eigenvalue weighted by Gasteiger charge is 2.52. The fraction of sp³-hybridized carbons (Fsp3) is 0.450. The molecule has 5 nitrogen and oxygen atoms in total. The molecule has 2 aromatic rings. The monoisotopic (exact) mass is 337 g/mol. The number of aromatic nitrogens is 2. The number of nitrogens with zero attached hydrogens (tertiary/aromatic N) is 2. The van der Waals surface area contributed by atoms with E-state index in [1.807, 2.05) is 12.4 Å². The van der Waals surface area contributed by atoms with Crippen LogP contribution in [0.5, 0.6) is 0 Å². The molecule has 0 bridgehead atoms. The van der Waals surface area contributed by atoms with E-state index in [1.54, 1.807) is 0 Å².